The summed E-state index contributed by atoms with van der Waals surface area (Å²) in [6.07, 6.45) is 2.48. The van der Waals surface area contributed by atoms with Crippen LogP contribution >= 0.6 is 0 Å². The van der Waals surface area contributed by atoms with Crippen molar-refractivity contribution < 1.29 is 24.2 Å². The van der Waals surface area contributed by atoms with Gasteiger partial charge in [-0.05, 0) is 0 Å². The second-order valence-electron chi connectivity index (χ2n) is 3.36. The summed E-state index contributed by atoms with van der Waals surface area (Å²) >= 11 is 0. The van der Waals surface area contributed by atoms with Gasteiger partial charge in [-0.15, -0.1) is 0 Å². The average Bonchev–Trinajstić information content (AvgIpc) is 2.74. The fraction of sp³-hybridized carbons (Fsp3) is 0.556. The molecule has 2 heterocycles. The van der Waals surface area contributed by atoms with Gasteiger partial charge in [0.15, 0.2) is 0 Å². The van der Waals surface area contributed by atoms with Crippen molar-refractivity contribution in [2.75, 3.05) is 7.11 Å². The highest BCUT2D eigenvalue weighted by Gasteiger charge is 2.53. The number of carboxylic acid groups (broad SMARTS) is 1. The van der Waals surface area contributed by atoms with Gasteiger partial charge in [-0.1, -0.05) is 12.2 Å². The second kappa shape index (κ2) is 3.09. The molecule has 0 aliphatic carbocycles. The zero-order valence-corrected chi connectivity index (χ0v) is 7.54. The number of aliphatic carboxylic acids is 1. The number of carboxylic acids is 1. The van der Waals surface area contributed by atoms with Crippen molar-refractivity contribution >= 4 is 11.9 Å². The molecule has 0 saturated carbocycles. The van der Waals surface area contributed by atoms with Gasteiger partial charge in [0, 0.05) is 0 Å². The summed E-state index contributed by atoms with van der Waals surface area (Å²) in [7, 11) is 1.25. The Labute approximate surface area is 80.3 Å². The van der Waals surface area contributed by atoms with Crippen molar-refractivity contribution in [3.05, 3.63) is 12.2 Å². The van der Waals surface area contributed by atoms with Crippen LogP contribution in [0, 0.1) is 11.8 Å². The van der Waals surface area contributed by atoms with Crippen LogP contribution in [0.25, 0.3) is 0 Å². The van der Waals surface area contributed by atoms with Crippen molar-refractivity contribution in [3.8, 4) is 0 Å². The van der Waals surface area contributed by atoms with Gasteiger partial charge in [-0.3, -0.25) is 9.59 Å². The monoisotopic (exact) mass is 198 g/mol. The third-order valence-electron chi connectivity index (χ3n) is 2.66. The van der Waals surface area contributed by atoms with E-state index in [4.69, 9.17) is 9.84 Å². The van der Waals surface area contributed by atoms with E-state index in [-0.39, 0.29) is 0 Å². The highest BCUT2D eigenvalue weighted by Crippen LogP contribution is 2.39. The van der Waals surface area contributed by atoms with Crippen LogP contribution in [-0.2, 0) is 19.1 Å². The van der Waals surface area contributed by atoms with Crippen LogP contribution in [0.5, 0.6) is 0 Å². The van der Waals surface area contributed by atoms with E-state index in [1.807, 2.05) is 0 Å². The van der Waals surface area contributed by atoms with E-state index >= 15 is 0 Å². The van der Waals surface area contributed by atoms with Gasteiger partial charge in [-0.25, -0.2) is 0 Å². The van der Waals surface area contributed by atoms with E-state index in [0.29, 0.717) is 0 Å². The van der Waals surface area contributed by atoms with Gasteiger partial charge in [-0.2, -0.15) is 0 Å². The summed E-state index contributed by atoms with van der Waals surface area (Å²) in [5.41, 5.74) is 0. The maximum atomic E-state index is 11.3. The molecule has 4 atom stereocenters. The summed E-state index contributed by atoms with van der Waals surface area (Å²) in [5, 5.41) is 8.93. The molecule has 14 heavy (non-hydrogen) atoms. The second-order valence-corrected chi connectivity index (χ2v) is 3.36. The molecule has 2 rings (SSSR count). The number of fused-ring (bicyclic) bond motifs is 2. The SMILES string of the molecule is COC(=O)C1C(C(=O)O)[C@H]2C=C[C@@H]1O2. The van der Waals surface area contributed by atoms with Crippen LogP contribution in [0.15, 0.2) is 12.2 Å². The molecule has 76 valence electrons. The molecule has 5 nitrogen and oxygen atoms in total. The van der Waals surface area contributed by atoms with E-state index < -0.39 is 36.0 Å². The minimum absolute atomic E-state index is 0.437. The van der Waals surface area contributed by atoms with Gasteiger partial charge in [0.25, 0.3) is 0 Å². The molecular formula is C9H10O5. The molecule has 0 radical (unpaired) electrons. The molecule has 0 aromatic heterocycles. The molecule has 2 aliphatic heterocycles. The molecule has 2 aliphatic rings. The quantitative estimate of drug-likeness (QED) is 0.492. The van der Waals surface area contributed by atoms with Gasteiger partial charge in [0.2, 0.25) is 0 Å². The number of hydrogen-bond donors (Lipinski definition) is 1. The van der Waals surface area contributed by atoms with Gasteiger partial charge >= 0.3 is 11.9 Å². The van der Waals surface area contributed by atoms with Crippen LogP contribution in [-0.4, -0.2) is 36.4 Å². The smallest absolute Gasteiger partial charge is 0.312 e. The Morgan fingerprint density at radius 1 is 1.29 bits per heavy atom. The fourth-order valence-corrected chi connectivity index (χ4v) is 2.02. The van der Waals surface area contributed by atoms with Gasteiger partial charge < -0.3 is 14.6 Å². The van der Waals surface area contributed by atoms with Crippen LogP contribution in [0.4, 0.5) is 0 Å². The molecular weight excluding hydrogens is 188 g/mol. The molecule has 1 saturated heterocycles. The van der Waals surface area contributed by atoms with E-state index in [1.165, 1.54) is 7.11 Å². The van der Waals surface area contributed by atoms with E-state index in [1.54, 1.807) is 12.2 Å². The maximum absolute atomic E-state index is 11.3. The molecule has 2 unspecified atom stereocenters. The Morgan fingerprint density at radius 2 is 1.86 bits per heavy atom. The maximum Gasteiger partial charge on any atom is 0.312 e. The largest absolute Gasteiger partial charge is 0.481 e. The summed E-state index contributed by atoms with van der Waals surface area (Å²) in [6.45, 7) is 0. The Hall–Kier alpha value is -1.36. The summed E-state index contributed by atoms with van der Waals surface area (Å²) in [4.78, 5) is 22.2. The van der Waals surface area contributed by atoms with E-state index in [0.717, 1.165) is 0 Å². The third kappa shape index (κ3) is 1.13. The molecule has 1 fully saturated rings. The molecule has 1 N–H and O–H groups in total. The highest BCUT2D eigenvalue weighted by molar-refractivity contribution is 5.83. The first-order valence-electron chi connectivity index (χ1n) is 4.29. The lowest BCUT2D eigenvalue weighted by atomic mass is 9.83. The highest BCUT2D eigenvalue weighted by atomic mass is 16.5. The van der Waals surface area contributed by atoms with Crippen molar-refractivity contribution in [2.24, 2.45) is 11.8 Å². The van der Waals surface area contributed by atoms with Crippen molar-refractivity contribution in [1.82, 2.24) is 0 Å². The van der Waals surface area contributed by atoms with Crippen LogP contribution in [0.2, 0.25) is 0 Å². The molecule has 0 aromatic rings. The van der Waals surface area contributed by atoms with Gasteiger partial charge in [0.05, 0.1) is 19.3 Å². The normalized spacial score (nSPS) is 38.6. The van der Waals surface area contributed by atoms with Gasteiger partial charge in [0.1, 0.15) is 11.8 Å². The lowest BCUT2D eigenvalue weighted by Gasteiger charge is -2.18. The van der Waals surface area contributed by atoms with Crippen LogP contribution in [0.3, 0.4) is 0 Å². The van der Waals surface area contributed by atoms with E-state index in [9.17, 15) is 9.59 Å². The Bertz CT molecular complexity index is 308. The third-order valence-corrected chi connectivity index (χ3v) is 2.66. The molecule has 0 aromatic carbocycles. The fourth-order valence-electron chi connectivity index (χ4n) is 2.02. The average molecular weight is 198 g/mol. The number of esters is 1. The predicted molar refractivity (Wildman–Crippen MR) is 44.4 cm³/mol. The number of methoxy groups -OCH3 is 1. The number of carbonyl (C=O) groups excluding carboxylic acids is 1. The Balaban J connectivity index is 2.26. The summed E-state index contributed by atoms with van der Waals surface area (Å²) < 4.78 is 9.84. The number of carbonyl (C=O) groups is 2. The summed E-state index contributed by atoms with van der Waals surface area (Å²) in [5.74, 6) is -3.04. The predicted octanol–water partition coefficient (Wildman–Crippen LogP) is -0.186. The standard InChI is InChI=1S/C9H10O5/c1-13-9(12)7-5-3-2-4(14-5)6(7)8(10)11/h2-7H,1H3,(H,10,11)/t4-,5+,6?,7?/m1/s1. The summed E-state index contributed by atoms with van der Waals surface area (Å²) in [6, 6.07) is 0. The van der Waals surface area contributed by atoms with Crippen LogP contribution < -0.4 is 0 Å². The lowest BCUT2D eigenvalue weighted by molar-refractivity contribution is -0.154. The van der Waals surface area contributed by atoms with Crippen LogP contribution in [0.1, 0.15) is 0 Å². The topological polar surface area (TPSA) is 72.8 Å². The Kier molecular flexibility index (Phi) is 2.03. The minimum Gasteiger partial charge on any atom is -0.481 e. The van der Waals surface area contributed by atoms with Crippen molar-refractivity contribution in [1.29, 1.82) is 0 Å². The zero-order chi connectivity index (χ0) is 10.3. The number of rotatable bonds is 2. The minimum atomic E-state index is -1.02. The molecule has 5 heteroatoms. The zero-order valence-electron chi connectivity index (χ0n) is 7.54. The first-order valence-corrected chi connectivity index (χ1v) is 4.29. The molecule has 0 amide bonds. The molecule has 0 spiro atoms. The lowest BCUT2D eigenvalue weighted by Crippen LogP contribution is -2.36. The van der Waals surface area contributed by atoms with Crippen molar-refractivity contribution in [2.45, 2.75) is 12.2 Å². The van der Waals surface area contributed by atoms with Crippen molar-refractivity contribution in [3.63, 3.8) is 0 Å². The van der Waals surface area contributed by atoms with E-state index in [2.05, 4.69) is 4.74 Å². The Morgan fingerprint density at radius 3 is 2.36 bits per heavy atom. The molecule has 2 bridgehead atoms. The number of ether oxygens (including phenoxy) is 2. The first kappa shape index (κ1) is 9.21. The number of hydrogen-bond acceptors (Lipinski definition) is 4. The first-order chi connectivity index (χ1) is 6.65.